The summed E-state index contributed by atoms with van der Waals surface area (Å²) in [5.41, 5.74) is -0.748. The minimum Gasteiger partial charge on any atom is -0.496 e. The van der Waals surface area contributed by atoms with E-state index >= 15 is 0 Å². The Hall–Kier alpha value is -2.52. The number of nitrogens with one attached hydrogen (secondary N) is 1. The summed E-state index contributed by atoms with van der Waals surface area (Å²) < 4.78 is 59.9. The molecular formula is C19H20F2N2O4S. The molecule has 0 saturated carbocycles. The van der Waals surface area contributed by atoms with Gasteiger partial charge in [-0.1, -0.05) is 12.5 Å². The second-order valence-electron chi connectivity index (χ2n) is 6.38. The lowest BCUT2D eigenvalue weighted by molar-refractivity contribution is 0.102. The highest BCUT2D eigenvalue weighted by atomic mass is 32.2. The first kappa shape index (κ1) is 20.2. The largest absolute Gasteiger partial charge is 0.496 e. The SMILES string of the molecule is COc1ccc(S(=O)(=O)N2CCCCC2)cc1C(=O)Nc1c(F)cccc1F. The van der Waals surface area contributed by atoms with Crippen molar-refractivity contribution in [3.05, 3.63) is 53.6 Å². The fourth-order valence-electron chi connectivity index (χ4n) is 3.08. The quantitative estimate of drug-likeness (QED) is 0.820. The zero-order valence-electron chi connectivity index (χ0n) is 15.2. The maximum atomic E-state index is 13.8. The molecule has 1 saturated heterocycles. The van der Waals surface area contributed by atoms with Crippen LogP contribution in [-0.4, -0.2) is 38.8 Å². The maximum absolute atomic E-state index is 13.8. The number of rotatable bonds is 5. The molecule has 0 radical (unpaired) electrons. The number of benzene rings is 2. The Morgan fingerprint density at radius 2 is 1.71 bits per heavy atom. The van der Waals surface area contributed by atoms with Gasteiger partial charge in [-0.2, -0.15) is 4.31 Å². The van der Waals surface area contributed by atoms with Gasteiger partial charge < -0.3 is 10.1 Å². The van der Waals surface area contributed by atoms with Crippen LogP contribution in [0.1, 0.15) is 29.6 Å². The third kappa shape index (κ3) is 4.00. The normalized spacial score (nSPS) is 15.2. The van der Waals surface area contributed by atoms with Gasteiger partial charge in [0.25, 0.3) is 5.91 Å². The monoisotopic (exact) mass is 410 g/mol. The second kappa shape index (κ2) is 8.24. The van der Waals surface area contributed by atoms with Crippen LogP contribution in [0.15, 0.2) is 41.3 Å². The van der Waals surface area contributed by atoms with Crippen LogP contribution in [0.25, 0.3) is 0 Å². The molecule has 0 spiro atoms. The summed E-state index contributed by atoms with van der Waals surface area (Å²) in [6.45, 7) is 0.826. The molecule has 2 aromatic carbocycles. The predicted octanol–water partition coefficient (Wildman–Crippen LogP) is 3.40. The van der Waals surface area contributed by atoms with Gasteiger partial charge in [0.2, 0.25) is 10.0 Å². The summed E-state index contributed by atoms with van der Waals surface area (Å²) in [7, 11) is -2.47. The predicted molar refractivity (Wildman–Crippen MR) is 99.9 cm³/mol. The molecule has 0 atom stereocenters. The highest BCUT2D eigenvalue weighted by Crippen LogP contribution is 2.28. The minimum atomic E-state index is -3.78. The number of ether oxygens (including phenoxy) is 1. The van der Waals surface area contributed by atoms with Crippen LogP contribution < -0.4 is 10.1 Å². The maximum Gasteiger partial charge on any atom is 0.259 e. The molecule has 6 nitrogen and oxygen atoms in total. The van der Waals surface area contributed by atoms with Crippen molar-refractivity contribution in [1.29, 1.82) is 0 Å². The Kier molecular flexibility index (Phi) is 5.95. The Balaban J connectivity index is 1.96. The molecule has 1 N–H and O–H groups in total. The van der Waals surface area contributed by atoms with Gasteiger partial charge >= 0.3 is 0 Å². The number of nitrogens with zero attached hydrogens (tertiary/aromatic N) is 1. The number of hydrogen-bond donors (Lipinski definition) is 1. The summed E-state index contributed by atoms with van der Waals surface area (Å²) in [6, 6.07) is 7.05. The Morgan fingerprint density at radius 1 is 1.07 bits per heavy atom. The van der Waals surface area contributed by atoms with E-state index in [0.29, 0.717) is 13.1 Å². The van der Waals surface area contributed by atoms with Crippen molar-refractivity contribution in [3.8, 4) is 5.75 Å². The number of sulfonamides is 1. The standard InChI is InChI=1S/C19H20F2N2O4S/c1-27-17-9-8-13(28(25,26)23-10-3-2-4-11-23)12-14(17)19(24)22-18-15(20)6-5-7-16(18)21/h5-9,12H,2-4,10-11H2,1H3,(H,22,24). The zero-order valence-corrected chi connectivity index (χ0v) is 16.1. The molecule has 2 aromatic rings. The van der Waals surface area contributed by atoms with Crippen LogP contribution in [0.2, 0.25) is 0 Å². The fourth-order valence-corrected chi connectivity index (χ4v) is 4.62. The van der Waals surface area contributed by atoms with Gasteiger partial charge in [0.05, 0.1) is 17.6 Å². The molecule has 9 heteroatoms. The van der Waals surface area contributed by atoms with E-state index < -0.39 is 33.3 Å². The van der Waals surface area contributed by atoms with Gasteiger partial charge in [-0.15, -0.1) is 0 Å². The summed E-state index contributed by atoms with van der Waals surface area (Å²) in [5, 5.41) is 2.15. The summed E-state index contributed by atoms with van der Waals surface area (Å²) in [4.78, 5) is 12.5. The fraction of sp³-hybridized carbons (Fsp3) is 0.316. The first-order valence-electron chi connectivity index (χ1n) is 8.78. The van der Waals surface area contributed by atoms with Crippen molar-refractivity contribution in [2.45, 2.75) is 24.2 Å². The van der Waals surface area contributed by atoms with E-state index in [2.05, 4.69) is 5.32 Å². The molecule has 150 valence electrons. The highest BCUT2D eigenvalue weighted by molar-refractivity contribution is 7.89. The Morgan fingerprint density at radius 3 is 2.32 bits per heavy atom. The average Bonchev–Trinajstić information content (AvgIpc) is 2.70. The van der Waals surface area contributed by atoms with E-state index in [-0.39, 0.29) is 16.2 Å². The summed E-state index contributed by atoms with van der Waals surface area (Å²) in [5.74, 6) is -2.67. The van der Waals surface area contributed by atoms with E-state index in [9.17, 15) is 22.0 Å². The van der Waals surface area contributed by atoms with Gasteiger partial charge in [0, 0.05) is 13.1 Å². The van der Waals surface area contributed by atoms with Crippen molar-refractivity contribution in [3.63, 3.8) is 0 Å². The molecule has 0 bridgehead atoms. The van der Waals surface area contributed by atoms with E-state index in [4.69, 9.17) is 4.74 Å². The smallest absolute Gasteiger partial charge is 0.259 e. The number of carbonyl (C=O) groups excluding carboxylic acids is 1. The number of para-hydroxylation sites is 1. The Labute approximate surface area is 162 Å². The lowest BCUT2D eigenvalue weighted by Crippen LogP contribution is -2.35. The molecule has 0 aromatic heterocycles. The first-order chi connectivity index (χ1) is 13.3. The van der Waals surface area contributed by atoms with Crippen LogP contribution in [0.3, 0.4) is 0 Å². The van der Waals surface area contributed by atoms with Crippen molar-refractivity contribution in [2.75, 3.05) is 25.5 Å². The van der Waals surface area contributed by atoms with Crippen LogP contribution in [0.5, 0.6) is 5.75 Å². The molecule has 0 aliphatic carbocycles. The molecule has 3 rings (SSSR count). The molecule has 1 fully saturated rings. The lowest BCUT2D eigenvalue weighted by Gasteiger charge is -2.26. The summed E-state index contributed by atoms with van der Waals surface area (Å²) in [6.07, 6.45) is 2.51. The van der Waals surface area contributed by atoms with Crippen LogP contribution in [0.4, 0.5) is 14.5 Å². The number of hydrogen-bond acceptors (Lipinski definition) is 4. The molecule has 0 unspecified atom stereocenters. The molecular weight excluding hydrogens is 390 g/mol. The number of halogens is 2. The molecule has 1 aliphatic heterocycles. The lowest BCUT2D eigenvalue weighted by atomic mass is 10.1. The molecule has 1 heterocycles. The van der Waals surface area contributed by atoms with Crippen molar-refractivity contribution in [1.82, 2.24) is 4.31 Å². The van der Waals surface area contributed by atoms with E-state index in [1.807, 2.05) is 0 Å². The van der Waals surface area contributed by atoms with Crippen LogP contribution in [-0.2, 0) is 10.0 Å². The zero-order chi connectivity index (χ0) is 20.3. The van der Waals surface area contributed by atoms with Crippen LogP contribution >= 0.6 is 0 Å². The Bertz CT molecular complexity index is 969. The van der Waals surface area contributed by atoms with Gasteiger partial charge in [0.15, 0.2) is 0 Å². The van der Waals surface area contributed by atoms with Crippen LogP contribution in [0, 0.1) is 11.6 Å². The average molecular weight is 410 g/mol. The molecule has 1 amide bonds. The third-order valence-electron chi connectivity index (χ3n) is 4.57. The highest BCUT2D eigenvalue weighted by Gasteiger charge is 2.28. The number of amides is 1. The third-order valence-corrected chi connectivity index (χ3v) is 6.46. The minimum absolute atomic E-state index is 0.0747. The number of piperidine rings is 1. The van der Waals surface area contributed by atoms with Crippen molar-refractivity contribution >= 4 is 21.6 Å². The van der Waals surface area contributed by atoms with E-state index in [1.54, 1.807) is 0 Å². The number of carbonyl (C=O) groups is 1. The number of methoxy groups -OCH3 is 1. The van der Waals surface area contributed by atoms with Gasteiger partial charge in [-0.25, -0.2) is 17.2 Å². The van der Waals surface area contributed by atoms with Crippen molar-refractivity contribution in [2.24, 2.45) is 0 Å². The van der Waals surface area contributed by atoms with E-state index in [0.717, 1.165) is 37.5 Å². The second-order valence-corrected chi connectivity index (χ2v) is 8.32. The molecule has 28 heavy (non-hydrogen) atoms. The van der Waals surface area contributed by atoms with Gasteiger partial charge in [-0.3, -0.25) is 4.79 Å². The topological polar surface area (TPSA) is 75.7 Å². The van der Waals surface area contributed by atoms with Gasteiger partial charge in [-0.05, 0) is 43.2 Å². The molecule has 1 aliphatic rings. The summed E-state index contributed by atoms with van der Waals surface area (Å²) >= 11 is 0. The van der Waals surface area contributed by atoms with E-state index in [1.165, 1.54) is 29.6 Å². The van der Waals surface area contributed by atoms with Crippen molar-refractivity contribution < 1.29 is 26.7 Å². The number of anilines is 1. The first-order valence-corrected chi connectivity index (χ1v) is 10.2. The van der Waals surface area contributed by atoms with Gasteiger partial charge in [0.1, 0.15) is 23.1 Å².